The van der Waals surface area contributed by atoms with Crippen LogP contribution in [-0.2, 0) is 21.7 Å². The van der Waals surface area contributed by atoms with E-state index in [-0.39, 0.29) is 42.1 Å². The molecule has 1 aliphatic carbocycles. The number of halogens is 30. The minimum Gasteiger partial charge on any atom is -0.659 e. The van der Waals surface area contributed by atoms with Crippen molar-refractivity contribution in [2.75, 3.05) is 0 Å². The fraction of sp³-hybridized carbons (Fsp3) is 0.189. The van der Waals surface area contributed by atoms with Gasteiger partial charge in [0, 0.05) is 0 Å². The Morgan fingerprint density at radius 3 is 0.466 bits per heavy atom. The first-order valence-corrected chi connectivity index (χ1v) is 29.3. The zero-order valence-corrected chi connectivity index (χ0v) is 50.8. The molecule has 7 rings (SSSR count). The monoisotopic (exact) mass is 1380 g/mol. The number of hydrogen-bond donors (Lipinski definition) is 0. The molecule has 0 bridgehead atoms. The predicted molar refractivity (Wildman–Crippen MR) is 259 cm³/mol. The SMILES string of the molecule is C[C]1[C](C)[C](C)[C]([Si](C)(C)[N-]C(C)(C)C)[C]1C.Fc1c(F)c(F)[c]([Al]([c]2c(F)c(F)c(F)c(F)c2F)[c]2c(F)c(F)c(F)c(F)c2F)c(F)c1F.Fc1c(F)c(F)[c]([Al]([c]2c(F)c(F)c(F)c(F)c2F)[c]2c(F)c(F)c(F)c(F)c2F)c(F)c1F.[CH3-].[CH3-].[Ti+4]. The summed E-state index contributed by atoms with van der Waals surface area (Å²) >= 11 is -11.9. The normalized spacial score (nSPS) is 13.4. The average molecular weight is 1380 g/mol. The third-order valence-electron chi connectivity index (χ3n) is 12.9. The van der Waals surface area contributed by atoms with E-state index in [0.717, 1.165) is 0 Å². The Kier molecular flexibility index (Phi) is 25.9. The Hall–Kier alpha value is -4.82. The van der Waals surface area contributed by atoms with Crippen LogP contribution in [0.3, 0.4) is 0 Å². The minimum absolute atomic E-state index is 0. The van der Waals surface area contributed by atoms with Crippen LogP contribution in [0.5, 0.6) is 0 Å². The summed E-state index contributed by atoms with van der Waals surface area (Å²) in [4.78, 5) is 5.13. The molecule has 1 nitrogen and oxygen atoms in total. The zero-order chi connectivity index (χ0) is 65.5. The van der Waals surface area contributed by atoms with Crippen molar-refractivity contribution in [3.63, 3.8) is 0 Å². The molecule has 0 aliphatic heterocycles. The molecule has 0 spiro atoms. The summed E-state index contributed by atoms with van der Waals surface area (Å²) in [5.74, 6) is -83.3. The smallest absolute Gasteiger partial charge is 0.659 e. The molecule has 6 aromatic carbocycles. The molecule has 0 saturated heterocycles. The van der Waals surface area contributed by atoms with Crippen LogP contribution < -0.4 is 26.6 Å². The Morgan fingerprint density at radius 2 is 0.352 bits per heavy atom. The Morgan fingerprint density at radius 1 is 0.239 bits per heavy atom. The summed E-state index contributed by atoms with van der Waals surface area (Å²) in [6.07, 6.45) is 0. The Bertz CT molecular complexity index is 2960. The van der Waals surface area contributed by atoms with Crippen LogP contribution in [0.25, 0.3) is 4.98 Å². The molecule has 0 heterocycles. The van der Waals surface area contributed by atoms with Gasteiger partial charge in [-0.3, -0.25) is 0 Å². The van der Waals surface area contributed by atoms with Crippen LogP contribution in [0.1, 0.15) is 48.5 Å². The summed E-state index contributed by atoms with van der Waals surface area (Å²) in [5, 5.41) is 0. The molecule has 0 atom stereocenters. The van der Waals surface area contributed by atoms with Gasteiger partial charge in [0.1, 0.15) is 0 Å². The second-order valence-corrected chi connectivity index (χ2v) is 28.5. The van der Waals surface area contributed by atoms with Gasteiger partial charge in [0.15, 0.2) is 175 Å². The van der Waals surface area contributed by atoms with Crippen LogP contribution in [0.15, 0.2) is 0 Å². The summed E-state index contributed by atoms with van der Waals surface area (Å²) in [6, 6.07) is 0. The van der Waals surface area contributed by atoms with Gasteiger partial charge < -0.3 is 19.8 Å². The first-order chi connectivity index (χ1) is 38.8. The maximum absolute atomic E-state index is 14.4. The number of nitrogens with zero attached hydrogens (tertiary/aromatic N) is 1. The van der Waals surface area contributed by atoms with E-state index in [1.165, 1.54) is 23.7 Å². The quantitative estimate of drug-likeness (QED) is 0.0474. The van der Waals surface area contributed by atoms with Gasteiger partial charge in [-0.25, -0.2) is 132 Å². The molecule has 0 unspecified atom stereocenters. The largest absolute Gasteiger partial charge is 4.00 e. The minimum atomic E-state index is -5.96. The number of hydrogen-bond acceptors (Lipinski definition) is 0. The number of benzene rings is 6. The van der Waals surface area contributed by atoms with E-state index in [4.69, 9.17) is 4.98 Å². The van der Waals surface area contributed by atoms with E-state index >= 15 is 0 Å². The molecule has 0 aromatic heterocycles. The first kappa shape index (κ1) is 79.3. The topological polar surface area (TPSA) is 14.1 Å². The van der Waals surface area contributed by atoms with Gasteiger partial charge in [-0.1, -0.05) is 69.8 Å². The van der Waals surface area contributed by atoms with Crippen LogP contribution in [-0.4, -0.2) is 42.1 Å². The van der Waals surface area contributed by atoms with Gasteiger partial charge >= 0.3 is 50.0 Å². The molecule has 88 heavy (non-hydrogen) atoms. The molecule has 1 aliphatic rings. The Labute approximate surface area is 504 Å². The predicted octanol–water partition coefficient (Wildman–Crippen LogP) is 14.3. The van der Waals surface area contributed by atoms with Crippen molar-refractivity contribution in [2.24, 2.45) is 0 Å². The molecule has 35 heteroatoms. The maximum atomic E-state index is 14.4. The maximum Gasteiger partial charge on any atom is 4.00 e. The second-order valence-electron chi connectivity index (χ2n) is 19.5. The molecule has 473 valence electrons. The van der Waals surface area contributed by atoms with Crippen molar-refractivity contribution in [1.82, 2.24) is 0 Å². The molecule has 0 N–H and O–H groups in total. The fourth-order valence-electron chi connectivity index (χ4n) is 9.15. The van der Waals surface area contributed by atoms with Crippen molar-refractivity contribution in [2.45, 2.75) is 67.1 Å². The fourth-order valence-corrected chi connectivity index (χ4v) is 19.4. The average Bonchev–Trinajstić information content (AvgIpc) is 0.989. The van der Waals surface area contributed by atoms with Gasteiger partial charge in [0.25, 0.3) is 0 Å². The van der Waals surface area contributed by atoms with Crippen molar-refractivity contribution in [3.05, 3.63) is 224 Å². The standard InChI is InChI=1S/C15H27NSi.6C6F5.2CH3.2Al.Ti/c1-10-11(2)13(4)14(12(10)3)17(8,9)16-15(5,6)7;6*7-2-1-3(8)5(10)6(11)4(2)9;;;;;/h1-9H3;;;;;;;2*1H3;;;/q-1;;;;;;;2*-1;;;+4. The molecule has 5 radical (unpaired) electrons. The van der Waals surface area contributed by atoms with Gasteiger partial charge in [-0.2, -0.15) is 0 Å². The summed E-state index contributed by atoms with van der Waals surface area (Å²) in [6.45, 7) is 20.3. The van der Waals surface area contributed by atoms with Crippen LogP contribution in [0.4, 0.5) is 132 Å². The molecule has 6 aromatic rings. The Balaban J connectivity index is 0.000000467. The summed E-state index contributed by atoms with van der Waals surface area (Å²) in [7, 11) is -1.69. The van der Waals surface area contributed by atoms with Gasteiger partial charge in [0.2, 0.25) is 0 Å². The van der Waals surface area contributed by atoms with Crippen molar-refractivity contribution in [1.29, 1.82) is 0 Å². The van der Waals surface area contributed by atoms with E-state index in [1.807, 2.05) is 0 Å². The molecule has 0 amide bonds. The second kappa shape index (κ2) is 28.8. The van der Waals surface area contributed by atoms with Crippen LogP contribution in [0.2, 0.25) is 13.1 Å². The van der Waals surface area contributed by atoms with Gasteiger partial charge in [-0.05, 0) is 55.8 Å². The zero-order valence-electron chi connectivity index (χ0n) is 45.9. The van der Waals surface area contributed by atoms with E-state index in [9.17, 15) is 132 Å². The molecule has 1 saturated carbocycles. The molecule has 1 fully saturated rings. The van der Waals surface area contributed by atoms with Crippen molar-refractivity contribution < 1.29 is 153 Å². The summed E-state index contributed by atoms with van der Waals surface area (Å²) in [5.41, 5.74) is 1.62. The van der Waals surface area contributed by atoms with Gasteiger partial charge in [0.05, 0.1) is 0 Å². The summed E-state index contributed by atoms with van der Waals surface area (Å²) < 4.78 is 403. The van der Waals surface area contributed by atoms with Crippen molar-refractivity contribution in [3.8, 4) is 0 Å². The first-order valence-electron chi connectivity index (χ1n) is 22.8. The van der Waals surface area contributed by atoms with Crippen molar-refractivity contribution >= 4 is 63.1 Å². The van der Waals surface area contributed by atoms with E-state index in [1.54, 1.807) is 5.54 Å². The third kappa shape index (κ3) is 13.7. The van der Waals surface area contributed by atoms with E-state index < -0.39 is 238 Å². The van der Waals surface area contributed by atoms with E-state index in [0.29, 0.717) is 0 Å². The van der Waals surface area contributed by atoms with Gasteiger partial charge in [-0.15, -0.1) is 5.54 Å². The number of rotatable bonds is 8. The van der Waals surface area contributed by atoms with Crippen LogP contribution in [0, 0.1) is 219 Å². The van der Waals surface area contributed by atoms with Crippen LogP contribution >= 0.6 is 0 Å². The molecular weight excluding hydrogens is 1350 g/mol. The third-order valence-corrected chi connectivity index (χ3v) is 22.6. The molecular formula is C53H33Al2F30NSiTi+. The van der Waals surface area contributed by atoms with E-state index in [2.05, 4.69) is 61.6 Å².